The Labute approximate surface area is 80.5 Å². The van der Waals surface area contributed by atoms with Gasteiger partial charge in [-0.3, -0.25) is 4.79 Å². The fourth-order valence-corrected chi connectivity index (χ4v) is 1.25. The fraction of sp³-hybridized carbons (Fsp3) is 0.222. The first-order valence-corrected chi connectivity index (χ1v) is 4.13. The smallest absolute Gasteiger partial charge is 0.179 e. The van der Waals surface area contributed by atoms with Crippen LogP contribution in [0.2, 0.25) is 5.02 Å². The van der Waals surface area contributed by atoms with Crippen molar-refractivity contribution in [1.29, 1.82) is 0 Å². The number of Topliss-reactive ketones (excluding diaryl/α,β-unsaturated/α-hetero) is 1. The van der Waals surface area contributed by atoms with E-state index in [4.69, 9.17) is 17.3 Å². The third-order valence-electron chi connectivity index (χ3n) is 1.77. The molecule has 0 radical (unpaired) electrons. The molecular weight excluding hydrogens is 193 g/mol. The molecule has 70 valence electrons. The van der Waals surface area contributed by atoms with Crippen LogP contribution < -0.4 is 5.73 Å². The maximum atomic E-state index is 13.3. The van der Waals surface area contributed by atoms with E-state index in [-0.39, 0.29) is 17.1 Å². The van der Waals surface area contributed by atoms with Crippen LogP contribution in [0.25, 0.3) is 0 Å². The van der Waals surface area contributed by atoms with Gasteiger partial charge in [0.2, 0.25) is 0 Å². The molecule has 0 atom stereocenters. The number of hydrogen-bond acceptors (Lipinski definition) is 2. The highest BCUT2D eigenvalue weighted by Crippen LogP contribution is 2.21. The summed E-state index contributed by atoms with van der Waals surface area (Å²) in [6.07, 6.45) is 0. The van der Waals surface area contributed by atoms with Crippen LogP contribution in [0.5, 0.6) is 0 Å². The van der Waals surface area contributed by atoms with Crippen LogP contribution in [0, 0.1) is 12.7 Å². The van der Waals surface area contributed by atoms with Gasteiger partial charge in [0.15, 0.2) is 11.6 Å². The van der Waals surface area contributed by atoms with Gasteiger partial charge in [-0.05, 0) is 18.6 Å². The second kappa shape index (κ2) is 3.85. The van der Waals surface area contributed by atoms with Crippen LogP contribution in [0.3, 0.4) is 0 Å². The van der Waals surface area contributed by atoms with E-state index in [1.807, 2.05) is 0 Å². The predicted octanol–water partition coefficient (Wildman–Crippen LogP) is 1.93. The van der Waals surface area contributed by atoms with Crippen molar-refractivity contribution in [2.75, 3.05) is 6.54 Å². The van der Waals surface area contributed by atoms with Gasteiger partial charge in [0.25, 0.3) is 0 Å². The Kier molecular flexibility index (Phi) is 3.01. The normalized spacial score (nSPS) is 10.2. The Balaban J connectivity index is 3.33. The van der Waals surface area contributed by atoms with Crippen molar-refractivity contribution in [3.63, 3.8) is 0 Å². The van der Waals surface area contributed by atoms with Crippen LogP contribution in [-0.2, 0) is 0 Å². The molecule has 0 saturated carbocycles. The highest BCUT2D eigenvalue weighted by molar-refractivity contribution is 6.31. The fourth-order valence-electron chi connectivity index (χ4n) is 1.09. The maximum absolute atomic E-state index is 13.3. The summed E-state index contributed by atoms with van der Waals surface area (Å²) in [6, 6.07) is 3.01. The van der Waals surface area contributed by atoms with Gasteiger partial charge in [-0.15, -0.1) is 0 Å². The Bertz CT molecular complexity index is 352. The Morgan fingerprint density at radius 2 is 2.23 bits per heavy atom. The highest BCUT2D eigenvalue weighted by atomic mass is 35.5. The molecule has 1 rings (SSSR count). The van der Waals surface area contributed by atoms with Crippen LogP contribution in [-0.4, -0.2) is 12.3 Å². The van der Waals surface area contributed by atoms with Gasteiger partial charge in [0.05, 0.1) is 17.1 Å². The number of carbonyl (C=O) groups is 1. The molecule has 0 saturated heterocycles. The number of aryl methyl sites for hydroxylation is 1. The van der Waals surface area contributed by atoms with E-state index in [9.17, 15) is 9.18 Å². The van der Waals surface area contributed by atoms with E-state index in [0.717, 1.165) is 0 Å². The zero-order valence-electron chi connectivity index (χ0n) is 7.10. The Morgan fingerprint density at radius 3 is 2.77 bits per heavy atom. The van der Waals surface area contributed by atoms with Crippen LogP contribution >= 0.6 is 11.6 Å². The number of ketones is 1. The summed E-state index contributed by atoms with van der Waals surface area (Å²) >= 11 is 5.52. The molecule has 0 amide bonds. The average Bonchev–Trinajstić information content (AvgIpc) is 2.12. The number of nitrogens with two attached hydrogens (primary N) is 1. The average molecular weight is 202 g/mol. The van der Waals surface area contributed by atoms with Crippen molar-refractivity contribution in [1.82, 2.24) is 0 Å². The first-order valence-electron chi connectivity index (χ1n) is 3.75. The molecule has 2 N–H and O–H groups in total. The predicted molar refractivity (Wildman–Crippen MR) is 49.5 cm³/mol. The molecule has 0 spiro atoms. The zero-order valence-corrected chi connectivity index (χ0v) is 7.86. The summed E-state index contributed by atoms with van der Waals surface area (Å²) < 4.78 is 13.3. The van der Waals surface area contributed by atoms with Crippen LogP contribution in [0.15, 0.2) is 12.1 Å². The molecule has 0 heterocycles. The van der Waals surface area contributed by atoms with Gasteiger partial charge in [0.1, 0.15) is 0 Å². The molecule has 0 aliphatic heterocycles. The summed E-state index contributed by atoms with van der Waals surface area (Å²) in [7, 11) is 0. The molecule has 0 fully saturated rings. The van der Waals surface area contributed by atoms with Crippen molar-refractivity contribution >= 4 is 17.4 Å². The van der Waals surface area contributed by atoms with Crippen molar-refractivity contribution in [2.45, 2.75) is 6.92 Å². The van der Waals surface area contributed by atoms with Gasteiger partial charge in [-0.2, -0.15) is 0 Å². The lowest BCUT2D eigenvalue weighted by Crippen LogP contribution is -2.16. The number of carbonyl (C=O) groups excluding carboxylic acids is 1. The third kappa shape index (κ3) is 1.87. The van der Waals surface area contributed by atoms with E-state index in [2.05, 4.69) is 0 Å². The summed E-state index contributed by atoms with van der Waals surface area (Å²) in [5.74, 6) is -1.12. The summed E-state index contributed by atoms with van der Waals surface area (Å²) in [5.41, 5.74) is 5.68. The zero-order chi connectivity index (χ0) is 10.0. The lowest BCUT2D eigenvalue weighted by molar-refractivity contribution is 0.0997. The Morgan fingerprint density at radius 1 is 1.62 bits per heavy atom. The van der Waals surface area contributed by atoms with Crippen LogP contribution in [0.4, 0.5) is 4.39 Å². The minimum absolute atomic E-state index is 0.00463. The molecule has 1 aromatic carbocycles. The van der Waals surface area contributed by atoms with Crippen LogP contribution in [0.1, 0.15) is 15.9 Å². The molecular formula is C9H9ClFNO. The SMILES string of the molecule is Cc1ccc(Cl)c(F)c1C(=O)CN. The van der Waals surface area contributed by atoms with E-state index in [1.165, 1.54) is 6.07 Å². The second-order valence-corrected chi connectivity index (χ2v) is 3.09. The maximum Gasteiger partial charge on any atom is 0.179 e. The molecule has 4 heteroatoms. The lowest BCUT2D eigenvalue weighted by atomic mass is 10.0. The number of benzene rings is 1. The largest absolute Gasteiger partial charge is 0.324 e. The Hall–Kier alpha value is -0.930. The van der Waals surface area contributed by atoms with Gasteiger partial charge in [-0.25, -0.2) is 4.39 Å². The summed E-state index contributed by atoms with van der Waals surface area (Å²) in [4.78, 5) is 11.2. The lowest BCUT2D eigenvalue weighted by Gasteiger charge is -2.05. The highest BCUT2D eigenvalue weighted by Gasteiger charge is 2.15. The van der Waals surface area contributed by atoms with E-state index >= 15 is 0 Å². The molecule has 1 aromatic rings. The first-order chi connectivity index (χ1) is 6.07. The monoisotopic (exact) mass is 201 g/mol. The van der Waals surface area contributed by atoms with Gasteiger partial charge in [0, 0.05) is 0 Å². The third-order valence-corrected chi connectivity index (χ3v) is 2.06. The molecule has 0 bridgehead atoms. The van der Waals surface area contributed by atoms with Crippen molar-refractivity contribution in [2.24, 2.45) is 5.73 Å². The van der Waals surface area contributed by atoms with E-state index in [1.54, 1.807) is 13.0 Å². The minimum Gasteiger partial charge on any atom is -0.324 e. The van der Waals surface area contributed by atoms with Crippen molar-refractivity contribution < 1.29 is 9.18 Å². The number of hydrogen-bond donors (Lipinski definition) is 1. The second-order valence-electron chi connectivity index (χ2n) is 2.68. The molecule has 0 unspecified atom stereocenters. The summed E-state index contributed by atoms with van der Waals surface area (Å²) in [6.45, 7) is 1.43. The molecule has 2 nitrogen and oxygen atoms in total. The van der Waals surface area contributed by atoms with E-state index < -0.39 is 11.6 Å². The van der Waals surface area contributed by atoms with Gasteiger partial charge in [-0.1, -0.05) is 17.7 Å². The topological polar surface area (TPSA) is 43.1 Å². The quantitative estimate of drug-likeness (QED) is 0.743. The molecule has 0 aliphatic carbocycles. The van der Waals surface area contributed by atoms with Crippen molar-refractivity contribution in [3.05, 3.63) is 34.1 Å². The number of rotatable bonds is 2. The van der Waals surface area contributed by atoms with Gasteiger partial charge >= 0.3 is 0 Å². The minimum atomic E-state index is -0.683. The molecule has 13 heavy (non-hydrogen) atoms. The molecule has 0 aliphatic rings. The van der Waals surface area contributed by atoms with Crippen molar-refractivity contribution in [3.8, 4) is 0 Å². The van der Waals surface area contributed by atoms with Gasteiger partial charge < -0.3 is 5.73 Å². The molecule has 0 aromatic heterocycles. The standard InChI is InChI=1S/C9H9ClFNO/c1-5-2-3-6(10)9(11)8(5)7(13)4-12/h2-3H,4,12H2,1H3. The first kappa shape index (κ1) is 10.2. The number of halogens is 2. The summed E-state index contributed by atoms with van der Waals surface area (Å²) in [5, 5.41) is -0.0533. The van der Waals surface area contributed by atoms with E-state index in [0.29, 0.717) is 5.56 Å².